The van der Waals surface area contributed by atoms with Gasteiger partial charge < -0.3 is 10.1 Å². The number of amidine groups is 1. The molecule has 0 bridgehead atoms. The highest BCUT2D eigenvalue weighted by molar-refractivity contribution is 9.11. The Hall–Kier alpha value is -1.77. The fourth-order valence-corrected chi connectivity index (χ4v) is 5.47. The van der Waals surface area contributed by atoms with E-state index in [4.69, 9.17) is 27.9 Å². The fourth-order valence-electron chi connectivity index (χ4n) is 2.85. The van der Waals surface area contributed by atoms with Crippen molar-refractivity contribution in [1.82, 2.24) is 5.32 Å². The molecule has 9 heteroatoms. The van der Waals surface area contributed by atoms with Gasteiger partial charge in [-0.2, -0.15) is 0 Å². The number of rotatable bonds is 5. The second kappa shape index (κ2) is 10.4. The van der Waals surface area contributed by atoms with E-state index in [2.05, 4.69) is 42.2 Å². The van der Waals surface area contributed by atoms with Crippen LogP contribution in [0.4, 0.5) is 5.69 Å². The molecule has 0 spiro atoms. The average molecular weight is 613 g/mol. The molecule has 0 aliphatic carbocycles. The maximum absolute atomic E-state index is 12.4. The van der Waals surface area contributed by atoms with E-state index in [1.54, 1.807) is 24.3 Å². The minimum Gasteiger partial charge on any atom is -0.487 e. The molecule has 1 saturated heterocycles. The van der Waals surface area contributed by atoms with Gasteiger partial charge in [-0.15, -0.1) is 0 Å². The summed E-state index contributed by atoms with van der Waals surface area (Å²) in [7, 11) is 0. The second-order valence-corrected chi connectivity index (χ2v) is 10.2. The summed E-state index contributed by atoms with van der Waals surface area (Å²) in [6, 6.07) is 18.9. The molecule has 162 valence electrons. The van der Waals surface area contributed by atoms with Crippen LogP contribution in [0, 0.1) is 0 Å². The first-order valence-corrected chi connectivity index (χ1v) is 12.5. The van der Waals surface area contributed by atoms with E-state index in [9.17, 15) is 4.79 Å². The van der Waals surface area contributed by atoms with Gasteiger partial charge in [-0.05, 0) is 85.1 Å². The van der Waals surface area contributed by atoms with Gasteiger partial charge in [-0.1, -0.05) is 59.6 Å². The van der Waals surface area contributed by atoms with Gasteiger partial charge in [0.25, 0.3) is 5.91 Å². The number of nitrogens with zero attached hydrogens (tertiary/aromatic N) is 1. The molecule has 3 aromatic rings. The van der Waals surface area contributed by atoms with Crippen LogP contribution >= 0.6 is 66.8 Å². The number of carbonyl (C=O) groups is 1. The number of nitrogens with one attached hydrogen (secondary N) is 1. The van der Waals surface area contributed by atoms with Gasteiger partial charge in [0.15, 0.2) is 5.17 Å². The number of benzene rings is 3. The standard InChI is InChI=1S/C23H14Br2Cl2N2O2S/c24-15-9-14(10-16(25)21(15)31-12-13-5-2-1-3-6-13)11-19-22(30)29-23(32-19)28-18-8-4-7-17(26)20(18)27/h1-11H,12H2,(H,28,29,30)/b19-11-. The average Bonchev–Trinajstić information content (AvgIpc) is 3.10. The summed E-state index contributed by atoms with van der Waals surface area (Å²) in [5.41, 5.74) is 2.40. The SMILES string of the molecule is O=C1NC(=Nc2cccc(Cl)c2Cl)S/C1=C\c1cc(Br)c(OCc2ccccc2)c(Br)c1. The summed E-state index contributed by atoms with van der Waals surface area (Å²) in [6.45, 7) is 0.447. The number of thioether (sulfide) groups is 1. The third-order valence-corrected chi connectivity index (χ3v) is 7.25. The first kappa shape index (κ1) is 23.4. The number of amides is 1. The molecule has 0 radical (unpaired) electrons. The number of aliphatic imine (C=N–C) groups is 1. The van der Waals surface area contributed by atoms with Gasteiger partial charge in [-0.25, -0.2) is 4.99 Å². The molecule has 1 amide bonds. The predicted octanol–water partition coefficient (Wildman–Crippen LogP) is 7.99. The molecule has 0 saturated carbocycles. The molecule has 1 heterocycles. The number of halogens is 4. The van der Waals surface area contributed by atoms with Crippen LogP contribution in [0.25, 0.3) is 6.08 Å². The third-order valence-electron chi connectivity index (χ3n) is 4.35. The highest BCUT2D eigenvalue weighted by Crippen LogP contribution is 2.38. The lowest BCUT2D eigenvalue weighted by atomic mass is 10.2. The van der Waals surface area contributed by atoms with Crippen LogP contribution < -0.4 is 10.1 Å². The van der Waals surface area contributed by atoms with Crippen molar-refractivity contribution in [1.29, 1.82) is 0 Å². The zero-order chi connectivity index (χ0) is 22.7. The van der Waals surface area contributed by atoms with Crippen molar-refractivity contribution in [3.05, 3.63) is 95.7 Å². The van der Waals surface area contributed by atoms with Crippen LogP contribution in [0.15, 0.2) is 79.5 Å². The molecular formula is C23H14Br2Cl2N2O2S. The van der Waals surface area contributed by atoms with Crippen molar-refractivity contribution in [2.45, 2.75) is 6.61 Å². The Morgan fingerprint density at radius 1 is 1.03 bits per heavy atom. The van der Waals surface area contributed by atoms with Crippen molar-refractivity contribution in [2.24, 2.45) is 4.99 Å². The van der Waals surface area contributed by atoms with Crippen LogP contribution in [0.2, 0.25) is 10.0 Å². The van der Waals surface area contributed by atoms with Crippen molar-refractivity contribution >= 4 is 89.7 Å². The van der Waals surface area contributed by atoms with Crippen molar-refractivity contribution < 1.29 is 9.53 Å². The molecule has 4 nitrogen and oxygen atoms in total. The second-order valence-electron chi connectivity index (χ2n) is 6.64. The summed E-state index contributed by atoms with van der Waals surface area (Å²) < 4.78 is 7.51. The molecule has 1 aliphatic heterocycles. The lowest BCUT2D eigenvalue weighted by molar-refractivity contribution is -0.115. The first-order chi connectivity index (χ1) is 15.4. The first-order valence-electron chi connectivity index (χ1n) is 9.30. The Bertz CT molecular complexity index is 1230. The lowest BCUT2D eigenvalue weighted by Crippen LogP contribution is -2.19. The smallest absolute Gasteiger partial charge is 0.264 e. The van der Waals surface area contributed by atoms with Gasteiger partial charge in [-0.3, -0.25) is 4.79 Å². The van der Waals surface area contributed by atoms with Gasteiger partial charge in [0.1, 0.15) is 12.4 Å². The van der Waals surface area contributed by atoms with Crippen molar-refractivity contribution in [2.75, 3.05) is 0 Å². The molecule has 0 aromatic heterocycles. The van der Waals surface area contributed by atoms with Crippen LogP contribution in [0.1, 0.15) is 11.1 Å². The van der Waals surface area contributed by atoms with Gasteiger partial charge in [0, 0.05) is 0 Å². The van der Waals surface area contributed by atoms with E-state index in [0.29, 0.717) is 38.2 Å². The molecule has 1 N–H and O–H groups in total. The summed E-state index contributed by atoms with van der Waals surface area (Å²) in [6.07, 6.45) is 1.79. The van der Waals surface area contributed by atoms with Gasteiger partial charge in [0.2, 0.25) is 0 Å². The normalized spacial score (nSPS) is 15.9. The Morgan fingerprint density at radius 3 is 2.47 bits per heavy atom. The lowest BCUT2D eigenvalue weighted by Gasteiger charge is -2.11. The fraction of sp³-hybridized carbons (Fsp3) is 0.0435. The molecule has 0 atom stereocenters. The minimum atomic E-state index is -0.233. The van der Waals surface area contributed by atoms with E-state index in [1.807, 2.05) is 42.5 Å². The maximum Gasteiger partial charge on any atom is 0.264 e. The molecule has 32 heavy (non-hydrogen) atoms. The Labute approximate surface area is 216 Å². The van der Waals surface area contributed by atoms with E-state index < -0.39 is 0 Å². The summed E-state index contributed by atoms with van der Waals surface area (Å²) >= 11 is 20.6. The zero-order valence-corrected chi connectivity index (χ0v) is 21.7. The van der Waals surface area contributed by atoms with Crippen LogP contribution in [-0.2, 0) is 11.4 Å². The predicted molar refractivity (Wildman–Crippen MR) is 140 cm³/mol. The quantitative estimate of drug-likeness (QED) is 0.297. The summed E-state index contributed by atoms with van der Waals surface area (Å²) in [5, 5.41) is 3.94. The molecule has 3 aromatic carbocycles. The van der Waals surface area contributed by atoms with Crippen LogP contribution in [-0.4, -0.2) is 11.1 Å². The largest absolute Gasteiger partial charge is 0.487 e. The Kier molecular flexibility index (Phi) is 7.63. The third kappa shape index (κ3) is 5.58. The van der Waals surface area contributed by atoms with Gasteiger partial charge >= 0.3 is 0 Å². The maximum atomic E-state index is 12.4. The van der Waals surface area contributed by atoms with Crippen molar-refractivity contribution in [3.8, 4) is 5.75 Å². The molecule has 4 rings (SSSR count). The highest BCUT2D eigenvalue weighted by atomic mass is 79.9. The number of carbonyl (C=O) groups excluding carboxylic acids is 1. The number of hydrogen-bond acceptors (Lipinski definition) is 4. The summed E-state index contributed by atoms with van der Waals surface area (Å²) in [5.74, 6) is 0.459. The molecule has 1 fully saturated rings. The van der Waals surface area contributed by atoms with E-state index in [1.165, 1.54) is 11.8 Å². The number of ether oxygens (including phenoxy) is 1. The molecule has 0 unspecified atom stereocenters. The zero-order valence-electron chi connectivity index (χ0n) is 16.2. The van der Waals surface area contributed by atoms with Gasteiger partial charge in [0.05, 0.1) is 29.6 Å². The summed E-state index contributed by atoms with van der Waals surface area (Å²) in [4.78, 5) is 17.4. The highest BCUT2D eigenvalue weighted by Gasteiger charge is 2.24. The molecular weight excluding hydrogens is 599 g/mol. The van der Waals surface area contributed by atoms with E-state index in [0.717, 1.165) is 20.1 Å². The topological polar surface area (TPSA) is 50.7 Å². The Morgan fingerprint density at radius 2 is 1.75 bits per heavy atom. The van der Waals surface area contributed by atoms with Crippen LogP contribution in [0.3, 0.4) is 0 Å². The van der Waals surface area contributed by atoms with Crippen LogP contribution in [0.5, 0.6) is 5.75 Å². The Balaban J connectivity index is 1.52. The van der Waals surface area contributed by atoms with E-state index >= 15 is 0 Å². The van der Waals surface area contributed by atoms with E-state index in [-0.39, 0.29) is 5.91 Å². The van der Waals surface area contributed by atoms with Crippen molar-refractivity contribution in [3.63, 3.8) is 0 Å². The molecule has 1 aliphatic rings. The minimum absolute atomic E-state index is 0.233. The monoisotopic (exact) mass is 610 g/mol. The number of hydrogen-bond donors (Lipinski definition) is 1.